The molecular weight excluding hydrogens is 222 g/mol. The Kier molecular flexibility index (Phi) is 4.08. The second-order valence-electron chi connectivity index (χ2n) is 6.47. The van der Waals surface area contributed by atoms with Crippen LogP contribution in [0.4, 0.5) is 0 Å². The van der Waals surface area contributed by atoms with E-state index in [-0.39, 0.29) is 12.6 Å². The minimum atomic E-state index is 0.0625. The van der Waals surface area contributed by atoms with E-state index in [4.69, 9.17) is 0 Å². The van der Waals surface area contributed by atoms with Gasteiger partial charge in [0, 0.05) is 6.04 Å². The normalized spacial score (nSPS) is 28.2. The number of hydrogen-bond donors (Lipinski definition) is 2. The summed E-state index contributed by atoms with van der Waals surface area (Å²) in [5.74, 6) is 0.678. The lowest BCUT2D eigenvalue weighted by atomic mass is 9.91. The fourth-order valence-electron chi connectivity index (χ4n) is 3.32. The maximum absolute atomic E-state index is 9.59. The number of aliphatic hydroxyl groups is 1. The SMILES string of the molecule is CC1CC(C)(C)CC1N[C@@H](CO)c1ccccc1. The quantitative estimate of drug-likeness (QED) is 0.856. The molecule has 1 aromatic carbocycles. The zero-order chi connectivity index (χ0) is 13.2. The van der Waals surface area contributed by atoms with Crippen LogP contribution in [0.3, 0.4) is 0 Å². The molecule has 1 fully saturated rings. The fourth-order valence-corrected chi connectivity index (χ4v) is 3.32. The van der Waals surface area contributed by atoms with E-state index < -0.39 is 0 Å². The molecule has 2 heteroatoms. The zero-order valence-electron chi connectivity index (χ0n) is 11.7. The Morgan fingerprint density at radius 2 is 1.94 bits per heavy atom. The second kappa shape index (κ2) is 5.41. The average molecular weight is 247 g/mol. The lowest BCUT2D eigenvalue weighted by Crippen LogP contribution is -2.36. The van der Waals surface area contributed by atoms with Crippen molar-refractivity contribution in [3.05, 3.63) is 35.9 Å². The van der Waals surface area contributed by atoms with E-state index in [1.807, 2.05) is 18.2 Å². The van der Waals surface area contributed by atoms with Gasteiger partial charge in [-0.1, -0.05) is 51.1 Å². The van der Waals surface area contributed by atoms with E-state index in [1.54, 1.807) is 0 Å². The lowest BCUT2D eigenvalue weighted by Gasteiger charge is -2.25. The summed E-state index contributed by atoms with van der Waals surface area (Å²) in [4.78, 5) is 0. The minimum Gasteiger partial charge on any atom is -0.394 e. The number of hydrogen-bond acceptors (Lipinski definition) is 2. The lowest BCUT2D eigenvalue weighted by molar-refractivity contribution is 0.223. The molecule has 1 aromatic rings. The van der Waals surface area contributed by atoms with Gasteiger partial charge < -0.3 is 10.4 Å². The fraction of sp³-hybridized carbons (Fsp3) is 0.625. The van der Waals surface area contributed by atoms with Crippen LogP contribution < -0.4 is 5.32 Å². The summed E-state index contributed by atoms with van der Waals surface area (Å²) in [5.41, 5.74) is 1.60. The van der Waals surface area contributed by atoms with E-state index in [0.717, 1.165) is 0 Å². The summed E-state index contributed by atoms with van der Waals surface area (Å²) < 4.78 is 0. The van der Waals surface area contributed by atoms with Gasteiger partial charge in [0.05, 0.1) is 12.6 Å². The Balaban J connectivity index is 2.04. The average Bonchev–Trinajstić information content (AvgIpc) is 2.60. The van der Waals surface area contributed by atoms with Crippen molar-refractivity contribution < 1.29 is 5.11 Å². The van der Waals surface area contributed by atoms with Crippen molar-refractivity contribution in [1.29, 1.82) is 0 Å². The largest absolute Gasteiger partial charge is 0.394 e. The molecule has 3 atom stereocenters. The van der Waals surface area contributed by atoms with Crippen molar-refractivity contribution in [3.63, 3.8) is 0 Å². The molecule has 2 rings (SSSR count). The van der Waals surface area contributed by atoms with E-state index >= 15 is 0 Å². The summed E-state index contributed by atoms with van der Waals surface area (Å²) in [7, 11) is 0. The zero-order valence-corrected chi connectivity index (χ0v) is 11.7. The van der Waals surface area contributed by atoms with Crippen molar-refractivity contribution in [2.75, 3.05) is 6.61 Å². The molecular formula is C16H25NO. The van der Waals surface area contributed by atoms with Crippen molar-refractivity contribution in [2.45, 2.75) is 45.7 Å². The highest BCUT2D eigenvalue weighted by Gasteiger charge is 2.37. The molecule has 0 aromatic heterocycles. The minimum absolute atomic E-state index is 0.0625. The predicted octanol–water partition coefficient (Wildman–Crippen LogP) is 3.13. The summed E-state index contributed by atoms with van der Waals surface area (Å²) in [5, 5.41) is 13.2. The predicted molar refractivity (Wildman–Crippen MR) is 75.4 cm³/mol. The Morgan fingerprint density at radius 3 is 2.44 bits per heavy atom. The summed E-state index contributed by atoms with van der Waals surface area (Å²) >= 11 is 0. The van der Waals surface area contributed by atoms with Gasteiger partial charge in [0.15, 0.2) is 0 Å². The Hall–Kier alpha value is -0.860. The summed E-state index contributed by atoms with van der Waals surface area (Å²) in [6.07, 6.45) is 2.45. The van der Waals surface area contributed by atoms with Gasteiger partial charge in [0.25, 0.3) is 0 Å². The molecule has 1 aliphatic rings. The molecule has 0 amide bonds. The molecule has 1 saturated carbocycles. The third-order valence-corrected chi connectivity index (χ3v) is 4.13. The second-order valence-corrected chi connectivity index (χ2v) is 6.47. The highest BCUT2D eigenvalue weighted by atomic mass is 16.3. The molecule has 0 heterocycles. The maximum atomic E-state index is 9.59. The van der Waals surface area contributed by atoms with E-state index in [1.165, 1.54) is 18.4 Å². The van der Waals surface area contributed by atoms with E-state index in [9.17, 15) is 5.11 Å². The molecule has 0 spiro atoms. The van der Waals surface area contributed by atoms with Crippen LogP contribution in [0.25, 0.3) is 0 Å². The number of benzene rings is 1. The number of nitrogens with one attached hydrogen (secondary N) is 1. The standard InChI is InChI=1S/C16H25NO/c1-12-9-16(2,3)10-14(12)17-15(11-18)13-7-5-4-6-8-13/h4-8,12,14-15,17-18H,9-11H2,1-3H3/t12?,14?,15-/m0/s1. The number of rotatable bonds is 4. The van der Waals surface area contributed by atoms with Crippen LogP contribution in [0, 0.1) is 11.3 Å². The van der Waals surface area contributed by atoms with Crippen LogP contribution in [0.1, 0.15) is 45.2 Å². The maximum Gasteiger partial charge on any atom is 0.0626 e. The van der Waals surface area contributed by atoms with Gasteiger partial charge in [-0.05, 0) is 29.7 Å². The van der Waals surface area contributed by atoms with Gasteiger partial charge in [-0.15, -0.1) is 0 Å². The molecule has 100 valence electrons. The number of aliphatic hydroxyl groups excluding tert-OH is 1. The van der Waals surface area contributed by atoms with Crippen molar-refractivity contribution in [2.24, 2.45) is 11.3 Å². The Labute approximate surface area is 110 Å². The van der Waals surface area contributed by atoms with Gasteiger partial charge >= 0.3 is 0 Å². The first-order chi connectivity index (χ1) is 8.52. The van der Waals surface area contributed by atoms with Crippen molar-refractivity contribution >= 4 is 0 Å². The molecule has 0 radical (unpaired) electrons. The topological polar surface area (TPSA) is 32.3 Å². The van der Waals surface area contributed by atoms with Crippen LogP contribution in [-0.4, -0.2) is 17.8 Å². The highest BCUT2D eigenvalue weighted by molar-refractivity contribution is 5.19. The van der Waals surface area contributed by atoms with Crippen LogP contribution in [0.15, 0.2) is 30.3 Å². The molecule has 1 aliphatic carbocycles. The van der Waals surface area contributed by atoms with Gasteiger partial charge in [-0.2, -0.15) is 0 Å². The van der Waals surface area contributed by atoms with Gasteiger partial charge in [0.2, 0.25) is 0 Å². The third kappa shape index (κ3) is 3.12. The first-order valence-electron chi connectivity index (χ1n) is 6.94. The monoisotopic (exact) mass is 247 g/mol. The van der Waals surface area contributed by atoms with Crippen LogP contribution in [0.5, 0.6) is 0 Å². The molecule has 0 aliphatic heterocycles. The third-order valence-electron chi connectivity index (χ3n) is 4.13. The van der Waals surface area contributed by atoms with Gasteiger partial charge in [-0.25, -0.2) is 0 Å². The molecule has 0 bridgehead atoms. The first-order valence-corrected chi connectivity index (χ1v) is 6.94. The molecule has 0 saturated heterocycles. The van der Waals surface area contributed by atoms with E-state index in [0.29, 0.717) is 17.4 Å². The molecule has 2 nitrogen and oxygen atoms in total. The first kappa shape index (κ1) is 13.6. The highest BCUT2D eigenvalue weighted by Crippen LogP contribution is 2.41. The van der Waals surface area contributed by atoms with Crippen LogP contribution in [0.2, 0.25) is 0 Å². The Morgan fingerprint density at radius 1 is 1.28 bits per heavy atom. The van der Waals surface area contributed by atoms with Crippen molar-refractivity contribution in [1.82, 2.24) is 5.32 Å². The molecule has 2 N–H and O–H groups in total. The van der Waals surface area contributed by atoms with Crippen LogP contribution in [-0.2, 0) is 0 Å². The van der Waals surface area contributed by atoms with Crippen LogP contribution >= 0.6 is 0 Å². The van der Waals surface area contributed by atoms with Crippen molar-refractivity contribution in [3.8, 4) is 0 Å². The summed E-state index contributed by atoms with van der Waals surface area (Å²) in [6.45, 7) is 7.14. The summed E-state index contributed by atoms with van der Waals surface area (Å²) in [6, 6.07) is 10.8. The van der Waals surface area contributed by atoms with Gasteiger partial charge in [-0.3, -0.25) is 0 Å². The van der Waals surface area contributed by atoms with Gasteiger partial charge in [0.1, 0.15) is 0 Å². The Bertz CT molecular complexity index is 374. The molecule has 18 heavy (non-hydrogen) atoms. The molecule has 2 unspecified atom stereocenters. The van der Waals surface area contributed by atoms with E-state index in [2.05, 4.69) is 38.2 Å². The smallest absolute Gasteiger partial charge is 0.0626 e.